The van der Waals surface area contributed by atoms with Gasteiger partial charge in [-0.3, -0.25) is 9.78 Å². The van der Waals surface area contributed by atoms with Crippen LogP contribution in [0.2, 0.25) is 0 Å². The molecule has 3 rings (SSSR count). The summed E-state index contributed by atoms with van der Waals surface area (Å²) in [5.74, 6) is 0.204. The third-order valence-corrected chi connectivity index (χ3v) is 3.83. The van der Waals surface area contributed by atoms with Crippen LogP contribution in [-0.4, -0.2) is 27.9 Å². The van der Waals surface area contributed by atoms with Gasteiger partial charge in [-0.1, -0.05) is 0 Å². The molecule has 3 heterocycles. The van der Waals surface area contributed by atoms with Gasteiger partial charge in [0.05, 0.1) is 0 Å². The largest absolute Gasteiger partial charge is 0.333 e. The molecule has 0 aromatic carbocycles. The summed E-state index contributed by atoms with van der Waals surface area (Å²) in [6, 6.07) is 4.73. The first-order chi connectivity index (χ1) is 7.75. The van der Waals surface area contributed by atoms with E-state index in [0.29, 0.717) is 12.1 Å². The number of hydrogen-bond donors (Lipinski definition) is 0. The molecule has 16 heavy (non-hydrogen) atoms. The summed E-state index contributed by atoms with van der Waals surface area (Å²) in [4.78, 5) is 18.6. The van der Waals surface area contributed by atoms with E-state index in [0.717, 1.165) is 11.3 Å². The quantitative estimate of drug-likeness (QED) is 0.720. The van der Waals surface area contributed by atoms with Crippen molar-refractivity contribution < 1.29 is 4.79 Å². The van der Waals surface area contributed by atoms with E-state index in [4.69, 9.17) is 0 Å². The predicted octanol–water partition coefficient (Wildman–Crippen LogP) is 2.16. The van der Waals surface area contributed by atoms with E-state index in [-0.39, 0.29) is 5.91 Å². The average Bonchev–Trinajstić information content (AvgIpc) is 2.87. The number of hydrogen-bond acceptors (Lipinski definition) is 2. The van der Waals surface area contributed by atoms with Crippen LogP contribution >= 0.6 is 0 Å². The van der Waals surface area contributed by atoms with E-state index >= 15 is 0 Å². The van der Waals surface area contributed by atoms with Gasteiger partial charge >= 0.3 is 0 Å². The van der Waals surface area contributed by atoms with E-state index in [9.17, 15) is 4.79 Å². The van der Waals surface area contributed by atoms with Crippen LogP contribution in [0.3, 0.4) is 0 Å². The Hall–Kier alpha value is -1.38. The molecule has 0 unspecified atom stereocenters. The summed E-state index contributed by atoms with van der Waals surface area (Å²) in [7, 11) is 0. The predicted molar refractivity (Wildman–Crippen MR) is 61.2 cm³/mol. The Morgan fingerprint density at radius 3 is 2.50 bits per heavy atom. The minimum absolute atomic E-state index is 0.204. The van der Waals surface area contributed by atoms with Crippen LogP contribution in [0, 0.1) is 6.92 Å². The number of aryl methyl sites for hydroxylation is 1. The maximum atomic E-state index is 12.4. The Balaban J connectivity index is 1.88. The number of fused-ring (bicyclic) bond motifs is 2. The fourth-order valence-electron chi connectivity index (χ4n) is 3.07. The molecule has 0 atom stereocenters. The van der Waals surface area contributed by atoms with Crippen LogP contribution in [0.1, 0.15) is 41.7 Å². The van der Waals surface area contributed by atoms with Crippen LogP contribution in [0.25, 0.3) is 0 Å². The fourth-order valence-corrected chi connectivity index (χ4v) is 3.07. The van der Waals surface area contributed by atoms with Gasteiger partial charge in [0.2, 0.25) is 0 Å². The first-order valence-electron chi connectivity index (χ1n) is 6.01. The van der Waals surface area contributed by atoms with Gasteiger partial charge in [-0.15, -0.1) is 0 Å². The number of carbonyl (C=O) groups excluding carboxylic acids is 1. The maximum absolute atomic E-state index is 12.4. The van der Waals surface area contributed by atoms with Crippen LogP contribution in [0.5, 0.6) is 0 Å². The molecule has 0 spiro atoms. The molecule has 2 saturated heterocycles. The molecule has 0 aliphatic carbocycles. The highest BCUT2D eigenvalue weighted by Gasteiger charge is 2.42. The molecule has 2 aliphatic heterocycles. The van der Waals surface area contributed by atoms with Crippen molar-refractivity contribution in [1.29, 1.82) is 0 Å². The second kappa shape index (κ2) is 3.58. The lowest BCUT2D eigenvalue weighted by atomic mass is 10.0. The summed E-state index contributed by atoms with van der Waals surface area (Å²) in [6.45, 7) is 1.93. The maximum Gasteiger partial charge on any atom is 0.254 e. The van der Waals surface area contributed by atoms with Crippen molar-refractivity contribution in [1.82, 2.24) is 9.88 Å². The summed E-state index contributed by atoms with van der Waals surface area (Å²) in [6.07, 6.45) is 6.50. The Morgan fingerprint density at radius 1 is 1.31 bits per heavy atom. The molecule has 2 aliphatic rings. The molecular weight excluding hydrogens is 200 g/mol. The highest BCUT2D eigenvalue weighted by atomic mass is 16.2. The summed E-state index contributed by atoms with van der Waals surface area (Å²) in [5, 5.41) is 0. The first-order valence-corrected chi connectivity index (χ1v) is 6.01. The molecule has 0 saturated carbocycles. The zero-order valence-electron chi connectivity index (χ0n) is 9.52. The number of rotatable bonds is 1. The van der Waals surface area contributed by atoms with Gasteiger partial charge in [0.15, 0.2) is 0 Å². The standard InChI is InChI=1S/C13H16N2O/c1-9-8-10(6-7-14-9)13(16)15-11-2-3-12(15)5-4-11/h6-8,11-12H,2-5H2,1H3. The monoisotopic (exact) mass is 216 g/mol. The average molecular weight is 216 g/mol. The molecule has 0 radical (unpaired) electrons. The van der Waals surface area contributed by atoms with E-state index in [1.165, 1.54) is 25.7 Å². The van der Waals surface area contributed by atoms with Crippen LogP contribution in [-0.2, 0) is 0 Å². The Morgan fingerprint density at radius 2 is 1.94 bits per heavy atom. The normalized spacial score (nSPS) is 27.4. The lowest BCUT2D eigenvalue weighted by Gasteiger charge is -2.22. The van der Waals surface area contributed by atoms with E-state index in [1.54, 1.807) is 6.20 Å². The van der Waals surface area contributed by atoms with Crippen molar-refractivity contribution in [3.8, 4) is 0 Å². The van der Waals surface area contributed by atoms with Crippen molar-refractivity contribution >= 4 is 5.91 Å². The third kappa shape index (κ3) is 1.42. The van der Waals surface area contributed by atoms with Gasteiger partial charge in [0.25, 0.3) is 5.91 Å². The van der Waals surface area contributed by atoms with E-state index < -0.39 is 0 Å². The molecular formula is C13H16N2O. The van der Waals surface area contributed by atoms with Gasteiger partial charge in [0.1, 0.15) is 0 Å². The molecule has 1 aromatic rings. The molecule has 1 aromatic heterocycles. The number of aromatic nitrogens is 1. The lowest BCUT2D eigenvalue weighted by Crippen LogP contribution is -2.35. The second-order valence-electron chi connectivity index (χ2n) is 4.86. The van der Waals surface area contributed by atoms with Gasteiger partial charge in [-0.05, 0) is 44.7 Å². The van der Waals surface area contributed by atoms with E-state index in [1.807, 2.05) is 19.1 Å². The van der Waals surface area contributed by atoms with Crippen LogP contribution in [0.4, 0.5) is 0 Å². The number of pyridine rings is 1. The number of carbonyl (C=O) groups is 1. The Labute approximate surface area is 95.5 Å². The van der Waals surface area contributed by atoms with Crippen LogP contribution in [0.15, 0.2) is 18.3 Å². The third-order valence-electron chi connectivity index (χ3n) is 3.83. The van der Waals surface area contributed by atoms with E-state index in [2.05, 4.69) is 9.88 Å². The van der Waals surface area contributed by atoms with Gasteiger partial charge in [-0.2, -0.15) is 0 Å². The smallest absolute Gasteiger partial charge is 0.254 e. The lowest BCUT2D eigenvalue weighted by molar-refractivity contribution is 0.0729. The minimum Gasteiger partial charge on any atom is -0.333 e. The van der Waals surface area contributed by atoms with Gasteiger partial charge in [-0.25, -0.2) is 0 Å². The van der Waals surface area contributed by atoms with Gasteiger partial charge < -0.3 is 4.90 Å². The Kier molecular flexibility index (Phi) is 2.20. The molecule has 2 fully saturated rings. The first kappa shape index (κ1) is 9.82. The number of amides is 1. The molecule has 1 amide bonds. The Bertz CT molecular complexity index is 410. The van der Waals surface area contributed by atoms with Crippen molar-refractivity contribution in [3.63, 3.8) is 0 Å². The highest BCUT2D eigenvalue weighted by molar-refractivity contribution is 5.95. The molecule has 2 bridgehead atoms. The zero-order chi connectivity index (χ0) is 11.1. The van der Waals surface area contributed by atoms with Crippen molar-refractivity contribution in [2.45, 2.75) is 44.7 Å². The summed E-state index contributed by atoms with van der Waals surface area (Å²) in [5.41, 5.74) is 1.71. The molecule has 3 heteroatoms. The van der Waals surface area contributed by atoms with Crippen molar-refractivity contribution in [2.75, 3.05) is 0 Å². The SMILES string of the molecule is Cc1cc(C(=O)N2C3CCC2CC3)ccn1. The van der Waals surface area contributed by atoms with Crippen LogP contribution < -0.4 is 0 Å². The fraction of sp³-hybridized carbons (Fsp3) is 0.538. The van der Waals surface area contributed by atoms with Crippen molar-refractivity contribution in [3.05, 3.63) is 29.6 Å². The summed E-state index contributed by atoms with van der Waals surface area (Å²) < 4.78 is 0. The highest BCUT2D eigenvalue weighted by Crippen LogP contribution is 2.38. The number of nitrogens with zero attached hydrogens (tertiary/aromatic N) is 2. The topological polar surface area (TPSA) is 33.2 Å². The minimum atomic E-state index is 0.204. The van der Waals surface area contributed by atoms with Gasteiger partial charge in [0, 0.05) is 29.5 Å². The summed E-state index contributed by atoms with van der Waals surface area (Å²) >= 11 is 0. The van der Waals surface area contributed by atoms with Crippen molar-refractivity contribution in [2.24, 2.45) is 0 Å². The molecule has 84 valence electrons. The molecule has 3 nitrogen and oxygen atoms in total. The zero-order valence-corrected chi connectivity index (χ0v) is 9.52. The molecule has 0 N–H and O–H groups in total. The second-order valence-corrected chi connectivity index (χ2v) is 4.86.